The summed E-state index contributed by atoms with van der Waals surface area (Å²) in [5.41, 5.74) is 6.24. The normalized spacial score (nSPS) is 11.6. The van der Waals surface area contributed by atoms with E-state index in [2.05, 4.69) is 43.1 Å². The van der Waals surface area contributed by atoms with Gasteiger partial charge in [0, 0.05) is 24.3 Å². The first-order valence-electron chi connectivity index (χ1n) is 5.31. The van der Waals surface area contributed by atoms with Crippen LogP contribution in [0.5, 0.6) is 0 Å². The topological polar surface area (TPSA) is 58.6 Å². The summed E-state index contributed by atoms with van der Waals surface area (Å²) in [6.45, 7) is 0. The molecule has 0 saturated heterocycles. The van der Waals surface area contributed by atoms with Gasteiger partial charge in [-0.05, 0) is 52.3 Å². The predicted octanol–water partition coefficient (Wildman–Crippen LogP) is 4.46. The lowest BCUT2D eigenvalue weighted by atomic mass is 10.2. The molecule has 2 aromatic carbocycles. The second kappa shape index (κ2) is 6.45. The molecule has 0 aromatic heterocycles. The molecule has 0 unspecified atom stereocenters. The van der Waals surface area contributed by atoms with E-state index in [0.29, 0.717) is 5.56 Å². The van der Waals surface area contributed by atoms with Gasteiger partial charge in [0.15, 0.2) is 5.84 Å². The fraction of sp³-hybridized carbons (Fsp3) is 0. The Balaban J connectivity index is 2.26. The lowest BCUT2D eigenvalue weighted by molar-refractivity contribution is 0.318. The van der Waals surface area contributed by atoms with Crippen molar-refractivity contribution in [2.75, 3.05) is 0 Å². The summed E-state index contributed by atoms with van der Waals surface area (Å²) in [5.74, 6) is 0.0888. The third-order valence-electron chi connectivity index (χ3n) is 2.36. The van der Waals surface area contributed by atoms with Crippen LogP contribution in [0.25, 0.3) is 0 Å². The van der Waals surface area contributed by atoms with Gasteiger partial charge < -0.3 is 10.9 Å². The number of oxime groups is 1. The highest BCUT2D eigenvalue weighted by atomic mass is 79.9. The number of halogens is 2. The van der Waals surface area contributed by atoms with Crippen LogP contribution in [0.3, 0.4) is 0 Å². The maximum Gasteiger partial charge on any atom is 0.171 e. The molecule has 3 nitrogen and oxygen atoms in total. The maximum absolute atomic E-state index is 8.68. The summed E-state index contributed by atoms with van der Waals surface area (Å²) in [6.07, 6.45) is 0. The summed E-state index contributed by atoms with van der Waals surface area (Å²) in [4.78, 5) is 2.21. The van der Waals surface area contributed by atoms with E-state index in [1.807, 2.05) is 36.4 Å². The molecule has 98 valence electrons. The predicted molar refractivity (Wildman–Crippen MR) is 84.9 cm³/mol. The first-order valence-corrected chi connectivity index (χ1v) is 7.71. The molecule has 2 rings (SSSR count). The van der Waals surface area contributed by atoms with Crippen molar-refractivity contribution in [3.8, 4) is 0 Å². The Morgan fingerprint density at radius 2 is 1.84 bits per heavy atom. The quantitative estimate of drug-likeness (QED) is 0.345. The second-order valence-corrected chi connectivity index (χ2v) is 6.60. The molecule has 0 fully saturated rings. The first-order chi connectivity index (χ1) is 9.10. The Morgan fingerprint density at radius 3 is 2.47 bits per heavy atom. The van der Waals surface area contributed by atoms with Crippen LogP contribution in [0.15, 0.2) is 66.4 Å². The summed E-state index contributed by atoms with van der Waals surface area (Å²) in [5, 5.41) is 11.7. The second-order valence-electron chi connectivity index (χ2n) is 3.69. The third-order valence-corrected chi connectivity index (χ3v) is 4.48. The van der Waals surface area contributed by atoms with Crippen molar-refractivity contribution >= 4 is 49.5 Å². The Labute approximate surface area is 132 Å². The lowest BCUT2D eigenvalue weighted by Gasteiger charge is -2.06. The summed E-state index contributed by atoms with van der Waals surface area (Å²) >= 11 is 8.51. The van der Waals surface area contributed by atoms with Crippen LogP contribution in [-0.4, -0.2) is 11.0 Å². The van der Waals surface area contributed by atoms with Crippen molar-refractivity contribution in [3.63, 3.8) is 0 Å². The number of hydrogen-bond donors (Lipinski definition) is 2. The van der Waals surface area contributed by atoms with Gasteiger partial charge in [0.2, 0.25) is 0 Å². The van der Waals surface area contributed by atoms with E-state index in [1.54, 1.807) is 11.8 Å². The van der Waals surface area contributed by atoms with Gasteiger partial charge in [-0.25, -0.2) is 0 Å². The molecule has 0 heterocycles. The molecule has 0 aliphatic rings. The van der Waals surface area contributed by atoms with E-state index in [9.17, 15) is 0 Å². The maximum atomic E-state index is 8.68. The summed E-state index contributed by atoms with van der Waals surface area (Å²) in [6, 6.07) is 13.8. The molecule has 0 radical (unpaired) electrons. The molecule has 0 aliphatic heterocycles. The Kier molecular flexibility index (Phi) is 4.90. The summed E-state index contributed by atoms with van der Waals surface area (Å²) in [7, 11) is 0. The Bertz CT molecular complexity index is 632. The van der Waals surface area contributed by atoms with Gasteiger partial charge in [0.05, 0.1) is 0 Å². The molecule has 0 atom stereocenters. The van der Waals surface area contributed by atoms with Gasteiger partial charge in [-0.2, -0.15) is 0 Å². The lowest BCUT2D eigenvalue weighted by Crippen LogP contribution is -2.13. The minimum Gasteiger partial charge on any atom is -0.409 e. The fourth-order valence-corrected chi connectivity index (χ4v) is 3.69. The number of hydrogen-bond acceptors (Lipinski definition) is 3. The van der Waals surface area contributed by atoms with E-state index in [1.165, 1.54) is 0 Å². The monoisotopic (exact) mass is 400 g/mol. The third kappa shape index (κ3) is 3.75. The molecular formula is C13H10Br2N2OS. The van der Waals surface area contributed by atoms with E-state index in [4.69, 9.17) is 10.9 Å². The number of benzene rings is 2. The van der Waals surface area contributed by atoms with Crippen molar-refractivity contribution in [2.24, 2.45) is 10.9 Å². The van der Waals surface area contributed by atoms with Gasteiger partial charge in [-0.1, -0.05) is 38.9 Å². The van der Waals surface area contributed by atoms with Gasteiger partial charge in [-0.15, -0.1) is 0 Å². The van der Waals surface area contributed by atoms with Crippen molar-refractivity contribution in [1.82, 2.24) is 0 Å². The van der Waals surface area contributed by atoms with E-state index < -0.39 is 0 Å². The molecule has 0 amide bonds. The zero-order valence-corrected chi connectivity index (χ0v) is 13.7. The van der Waals surface area contributed by atoms with Crippen LogP contribution < -0.4 is 5.73 Å². The molecule has 6 heteroatoms. The molecule has 0 bridgehead atoms. The van der Waals surface area contributed by atoms with E-state index in [0.717, 1.165) is 18.7 Å². The number of amidine groups is 1. The largest absolute Gasteiger partial charge is 0.409 e. The highest BCUT2D eigenvalue weighted by Crippen LogP contribution is 2.32. The molecule has 0 saturated carbocycles. The zero-order valence-electron chi connectivity index (χ0n) is 9.68. The summed E-state index contributed by atoms with van der Waals surface area (Å²) < 4.78 is 1.84. The van der Waals surface area contributed by atoms with E-state index in [-0.39, 0.29) is 5.84 Å². The molecule has 2 aromatic rings. The molecule has 3 N–H and O–H groups in total. The number of nitrogens with two attached hydrogens (primary N) is 1. The smallest absolute Gasteiger partial charge is 0.171 e. The molecule has 0 aliphatic carbocycles. The van der Waals surface area contributed by atoms with Crippen LogP contribution in [0.1, 0.15) is 5.56 Å². The highest BCUT2D eigenvalue weighted by Gasteiger charge is 2.07. The fourth-order valence-electron chi connectivity index (χ4n) is 1.49. The van der Waals surface area contributed by atoms with Crippen molar-refractivity contribution < 1.29 is 5.21 Å². The average molecular weight is 402 g/mol. The molecule has 0 spiro atoms. The van der Waals surface area contributed by atoms with Gasteiger partial charge >= 0.3 is 0 Å². The minimum absolute atomic E-state index is 0.0888. The average Bonchev–Trinajstić information content (AvgIpc) is 2.38. The van der Waals surface area contributed by atoms with Crippen molar-refractivity contribution in [1.29, 1.82) is 0 Å². The van der Waals surface area contributed by atoms with Gasteiger partial charge in [-0.3, -0.25) is 0 Å². The molecule has 19 heavy (non-hydrogen) atoms. The zero-order chi connectivity index (χ0) is 13.8. The van der Waals surface area contributed by atoms with Gasteiger partial charge in [0.1, 0.15) is 0 Å². The van der Waals surface area contributed by atoms with Crippen LogP contribution in [0.2, 0.25) is 0 Å². The van der Waals surface area contributed by atoms with Gasteiger partial charge in [0.25, 0.3) is 0 Å². The highest BCUT2D eigenvalue weighted by molar-refractivity contribution is 9.10. The van der Waals surface area contributed by atoms with Crippen LogP contribution >= 0.6 is 43.6 Å². The first kappa shape index (κ1) is 14.4. The van der Waals surface area contributed by atoms with Crippen LogP contribution in [0, 0.1) is 0 Å². The minimum atomic E-state index is 0.0888. The Morgan fingerprint density at radius 1 is 1.11 bits per heavy atom. The Hall–Kier alpha value is -0.980. The van der Waals surface area contributed by atoms with E-state index >= 15 is 0 Å². The van der Waals surface area contributed by atoms with Crippen LogP contribution in [0.4, 0.5) is 0 Å². The van der Waals surface area contributed by atoms with Crippen LogP contribution in [-0.2, 0) is 0 Å². The SMILES string of the molecule is N/C(=N/O)c1ccc(Sc2cccc(Br)c2)cc1Br. The molecular weight excluding hydrogens is 392 g/mol. The standard InChI is InChI=1S/C13H10Br2N2OS/c14-8-2-1-3-9(6-8)19-10-4-5-11(12(15)7-10)13(16)17-18/h1-7,18H,(H2,16,17). The van der Waals surface area contributed by atoms with Crippen molar-refractivity contribution in [3.05, 3.63) is 57.0 Å². The number of nitrogens with zero attached hydrogens (tertiary/aromatic N) is 1. The number of rotatable bonds is 3. The van der Waals surface area contributed by atoms with Crippen molar-refractivity contribution in [2.45, 2.75) is 9.79 Å².